The van der Waals surface area contributed by atoms with E-state index in [0.717, 1.165) is 16.9 Å². The zero-order valence-electron chi connectivity index (χ0n) is 27.1. The Labute approximate surface area is 269 Å². The Morgan fingerprint density at radius 1 is 0.978 bits per heavy atom. The molecular formula is C36H43N5O5. The molecule has 2 saturated heterocycles. The van der Waals surface area contributed by atoms with Crippen molar-refractivity contribution in [3.8, 4) is 5.69 Å². The summed E-state index contributed by atoms with van der Waals surface area (Å²) in [6.45, 7) is 9.21. The van der Waals surface area contributed by atoms with Crippen molar-refractivity contribution in [1.82, 2.24) is 23.9 Å². The predicted octanol–water partition coefficient (Wildman–Crippen LogP) is 4.89. The zero-order chi connectivity index (χ0) is 32.6. The normalized spacial score (nSPS) is 20.1. The van der Waals surface area contributed by atoms with Crippen LogP contribution < -0.4 is 5.56 Å². The first-order valence-electron chi connectivity index (χ1n) is 16.1. The number of fused-ring (bicyclic) bond motifs is 1. The van der Waals surface area contributed by atoms with Crippen LogP contribution in [-0.2, 0) is 16.1 Å². The third-order valence-corrected chi connectivity index (χ3v) is 9.26. The number of rotatable bonds is 5. The number of hydrogen-bond donors (Lipinski definition) is 1. The van der Waals surface area contributed by atoms with E-state index in [1.165, 1.54) is 10.9 Å². The first-order valence-corrected chi connectivity index (χ1v) is 16.1. The molecule has 0 saturated carbocycles. The van der Waals surface area contributed by atoms with E-state index < -0.39 is 11.2 Å². The third-order valence-electron chi connectivity index (χ3n) is 9.26. The van der Waals surface area contributed by atoms with Crippen molar-refractivity contribution in [2.75, 3.05) is 26.2 Å². The van der Waals surface area contributed by atoms with Crippen LogP contribution in [0.1, 0.15) is 57.2 Å². The average molecular weight is 626 g/mol. The third kappa shape index (κ3) is 6.44. The van der Waals surface area contributed by atoms with Crippen LogP contribution in [0.25, 0.3) is 16.7 Å². The van der Waals surface area contributed by atoms with Gasteiger partial charge in [0.05, 0.1) is 17.5 Å². The van der Waals surface area contributed by atoms with Gasteiger partial charge in [-0.3, -0.25) is 18.7 Å². The van der Waals surface area contributed by atoms with Crippen LogP contribution in [0.2, 0.25) is 0 Å². The van der Waals surface area contributed by atoms with Crippen molar-refractivity contribution < 1.29 is 19.4 Å². The van der Waals surface area contributed by atoms with Crippen molar-refractivity contribution in [3.63, 3.8) is 0 Å². The highest BCUT2D eigenvalue weighted by molar-refractivity contribution is 5.81. The highest BCUT2D eigenvalue weighted by Gasteiger charge is 2.42. The Morgan fingerprint density at radius 2 is 1.63 bits per heavy atom. The number of nitrogens with zero attached hydrogens (tertiary/aromatic N) is 5. The van der Waals surface area contributed by atoms with Gasteiger partial charge in [0.1, 0.15) is 11.9 Å². The second kappa shape index (κ2) is 12.4. The number of para-hydroxylation sites is 1. The summed E-state index contributed by atoms with van der Waals surface area (Å²) in [7, 11) is 0. The van der Waals surface area contributed by atoms with E-state index >= 15 is 0 Å². The monoisotopic (exact) mass is 625 g/mol. The largest absolute Gasteiger partial charge is 0.444 e. The van der Waals surface area contributed by atoms with Crippen molar-refractivity contribution in [2.45, 2.75) is 70.6 Å². The molecule has 2 aromatic heterocycles. The van der Waals surface area contributed by atoms with Crippen LogP contribution in [-0.4, -0.2) is 78.4 Å². The number of carbonyl (C=O) groups is 2. The molecule has 1 N–H and O–H groups in total. The summed E-state index contributed by atoms with van der Waals surface area (Å²) in [5.74, 6) is -0.421. The van der Waals surface area contributed by atoms with Gasteiger partial charge in [-0.1, -0.05) is 48.5 Å². The molecule has 46 heavy (non-hydrogen) atoms. The van der Waals surface area contributed by atoms with Crippen LogP contribution in [0.5, 0.6) is 0 Å². The summed E-state index contributed by atoms with van der Waals surface area (Å²) in [4.78, 5) is 48.6. The lowest BCUT2D eigenvalue weighted by Gasteiger charge is -2.43. The van der Waals surface area contributed by atoms with Crippen molar-refractivity contribution in [3.05, 3.63) is 94.7 Å². The molecule has 2 atom stereocenters. The van der Waals surface area contributed by atoms with Crippen LogP contribution >= 0.6 is 0 Å². The number of aliphatic hydroxyl groups is 1. The molecule has 2 aliphatic rings. The maximum absolute atomic E-state index is 14.0. The second-order valence-electron chi connectivity index (χ2n) is 13.8. The minimum Gasteiger partial charge on any atom is -0.444 e. The molecule has 242 valence electrons. The maximum Gasteiger partial charge on any atom is 0.410 e. The van der Waals surface area contributed by atoms with Crippen LogP contribution in [0.4, 0.5) is 4.79 Å². The SMILES string of the molecule is Cc1cc2c(=O)n(CC3(O)CCN(C(=O)[C@@H]4CCN(C(=O)OC(C)(C)C)C[C@H]4c4ccccc4)CC3)cnc2n1-c1ccccc1. The lowest BCUT2D eigenvalue weighted by atomic mass is 9.79. The fraction of sp³-hybridized carbons (Fsp3) is 0.444. The summed E-state index contributed by atoms with van der Waals surface area (Å²) in [6, 6.07) is 21.5. The molecule has 0 aliphatic carbocycles. The quantitative estimate of drug-likeness (QED) is 0.338. The van der Waals surface area contributed by atoms with E-state index in [2.05, 4.69) is 4.98 Å². The topological polar surface area (TPSA) is 110 Å². The molecule has 4 heterocycles. The van der Waals surface area contributed by atoms with Gasteiger partial charge in [0.15, 0.2) is 5.65 Å². The van der Waals surface area contributed by atoms with Crippen LogP contribution in [0.3, 0.4) is 0 Å². The number of amides is 2. The van der Waals surface area contributed by atoms with Crippen LogP contribution in [0.15, 0.2) is 77.9 Å². The number of aromatic nitrogens is 3. The fourth-order valence-electron chi connectivity index (χ4n) is 6.89. The molecule has 0 bridgehead atoms. The van der Waals surface area contributed by atoms with E-state index in [1.807, 2.05) is 104 Å². The van der Waals surface area contributed by atoms with Gasteiger partial charge in [-0.25, -0.2) is 9.78 Å². The van der Waals surface area contributed by atoms with Gasteiger partial charge in [-0.15, -0.1) is 0 Å². The molecule has 10 nitrogen and oxygen atoms in total. The molecule has 10 heteroatoms. The van der Waals surface area contributed by atoms with E-state index in [-0.39, 0.29) is 35.9 Å². The summed E-state index contributed by atoms with van der Waals surface area (Å²) in [5.41, 5.74) is 1.49. The molecule has 2 aromatic carbocycles. The van der Waals surface area contributed by atoms with Gasteiger partial charge < -0.3 is 19.6 Å². The van der Waals surface area contributed by atoms with Gasteiger partial charge in [0.25, 0.3) is 5.56 Å². The summed E-state index contributed by atoms with van der Waals surface area (Å²) < 4.78 is 9.09. The lowest BCUT2D eigenvalue weighted by Crippen LogP contribution is -2.53. The smallest absolute Gasteiger partial charge is 0.410 e. The summed E-state index contributed by atoms with van der Waals surface area (Å²) >= 11 is 0. The number of hydrogen-bond acceptors (Lipinski definition) is 6. The number of carbonyl (C=O) groups excluding carboxylic acids is 2. The van der Waals surface area contributed by atoms with Crippen LogP contribution in [0, 0.1) is 12.8 Å². The first-order chi connectivity index (χ1) is 21.9. The minimum absolute atomic E-state index is 0.0396. The second-order valence-corrected chi connectivity index (χ2v) is 13.8. The van der Waals surface area contributed by atoms with Gasteiger partial charge in [0, 0.05) is 49.4 Å². The van der Waals surface area contributed by atoms with Gasteiger partial charge >= 0.3 is 6.09 Å². The Balaban J connectivity index is 1.15. The maximum atomic E-state index is 14.0. The molecule has 4 aromatic rings. The Bertz CT molecular complexity index is 1770. The van der Waals surface area contributed by atoms with E-state index in [1.54, 1.807) is 4.90 Å². The summed E-state index contributed by atoms with van der Waals surface area (Å²) in [6.07, 6.45) is 2.38. The molecule has 6 rings (SSSR count). The lowest BCUT2D eigenvalue weighted by molar-refractivity contribution is -0.142. The number of aryl methyl sites for hydroxylation is 1. The van der Waals surface area contributed by atoms with Gasteiger partial charge in [-0.2, -0.15) is 0 Å². The van der Waals surface area contributed by atoms with E-state index in [4.69, 9.17) is 4.74 Å². The molecular weight excluding hydrogens is 582 g/mol. The number of benzene rings is 2. The molecule has 0 spiro atoms. The molecule has 2 fully saturated rings. The highest BCUT2D eigenvalue weighted by atomic mass is 16.6. The number of piperidine rings is 2. The molecule has 0 radical (unpaired) electrons. The standard InChI is InChI=1S/C36H43N5O5/c1-25-21-29-31(41(25)27-13-9-6-10-14-27)37-24-40(33(29)43)23-36(45)16-19-38(20-17-36)32(42)28-15-18-39(34(44)46-35(2,3)4)22-30(28)26-11-7-5-8-12-26/h5-14,21,24,28,30,45H,15-20,22-23H2,1-4H3/t28-,30+/m1/s1. The van der Waals surface area contributed by atoms with Crippen molar-refractivity contribution in [1.29, 1.82) is 0 Å². The highest BCUT2D eigenvalue weighted by Crippen LogP contribution is 2.36. The number of likely N-dealkylation sites (tertiary alicyclic amines) is 2. The van der Waals surface area contributed by atoms with Gasteiger partial charge in [-0.05, 0) is 70.7 Å². The zero-order valence-corrected chi connectivity index (χ0v) is 27.1. The number of ether oxygens (including phenoxy) is 1. The molecule has 2 aliphatic heterocycles. The predicted molar refractivity (Wildman–Crippen MR) is 176 cm³/mol. The molecule has 0 unspecified atom stereocenters. The Hall–Kier alpha value is -4.44. The van der Waals surface area contributed by atoms with E-state index in [9.17, 15) is 19.5 Å². The van der Waals surface area contributed by atoms with Crippen molar-refractivity contribution in [2.24, 2.45) is 5.92 Å². The van der Waals surface area contributed by atoms with Crippen molar-refractivity contribution >= 4 is 23.0 Å². The molecule has 2 amide bonds. The van der Waals surface area contributed by atoms with Gasteiger partial charge in [0.2, 0.25) is 5.91 Å². The fourth-order valence-corrected chi connectivity index (χ4v) is 6.89. The first kappa shape index (κ1) is 31.5. The summed E-state index contributed by atoms with van der Waals surface area (Å²) in [5, 5.41) is 12.1. The Kier molecular flexibility index (Phi) is 8.50. The Morgan fingerprint density at radius 3 is 2.28 bits per heavy atom. The average Bonchev–Trinajstić information content (AvgIpc) is 3.38. The van der Waals surface area contributed by atoms with E-state index in [0.29, 0.717) is 56.5 Å². The minimum atomic E-state index is -1.15.